The zero-order chi connectivity index (χ0) is 25.3. The number of hydrogen-bond acceptors (Lipinski definition) is 4. The van der Waals surface area contributed by atoms with Crippen molar-refractivity contribution < 1.29 is 24.5 Å². The van der Waals surface area contributed by atoms with Gasteiger partial charge in [0.2, 0.25) is 0 Å². The number of aliphatic hydroxyl groups excluding tert-OH is 1. The number of amides is 1. The van der Waals surface area contributed by atoms with Crippen LogP contribution in [-0.2, 0) is 9.53 Å². The van der Waals surface area contributed by atoms with Crippen LogP contribution in [0.5, 0.6) is 0 Å². The van der Waals surface area contributed by atoms with E-state index >= 15 is 0 Å². The number of rotatable bonds is 5. The van der Waals surface area contributed by atoms with Crippen LogP contribution in [0, 0.1) is 0 Å². The zero-order valence-corrected chi connectivity index (χ0v) is 20.6. The second-order valence-corrected chi connectivity index (χ2v) is 9.56. The molecule has 0 radical (unpaired) electrons. The van der Waals surface area contributed by atoms with Gasteiger partial charge in [0.25, 0.3) is 0 Å². The summed E-state index contributed by atoms with van der Waals surface area (Å²) in [5.74, 6) is -0.623. The number of hydrogen-bond donors (Lipinski definition) is 2. The van der Waals surface area contributed by atoms with Gasteiger partial charge in [-0.15, -0.1) is 0 Å². The summed E-state index contributed by atoms with van der Waals surface area (Å²) in [5, 5.41) is 20.9. The Labute approximate surface area is 202 Å². The first-order valence-electron chi connectivity index (χ1n) is 11.7. The number of likely N-dealkylation sites (tertiary alicyclic amines) is 1. The molecule has 2 aromatic carbocycles. The van der Waals surface area contributed by atoms with E-state index in [1.165, 1.54) is 4.90 Å². The largest absolute Gasteiger partial charge is 0.465 e. The Bertz CT molecular complexity index is 883. The lowest BCUT2D eigenvalue weighted by molar-refractivity contribution is -0.148. The summed E-state index contributed by atoms with van der Waals surface area (Å²) < 4.78 is 4.83. The fourth-order valence-electron chi connectivity index (χ4n) is 4.37. The minimum Gasteiger partial charge on any atom is -0.465 e. The van der Waals surface area contributed by atoms with Crippen LogP contribution >= 0.6 is 0 Å². The van der Waals surface area contributed by atoms with Gasteiger partial charge < -0.3 is 19.8 Å². The van der Waals surface area contributed by atoms with Gasteiger partial charge in [-0.05, 0) is 58.1 Å². The van der Waals surface area contributed by atoms with Crippen molar-refractivity contribution in [3.63, 3.8) is 0 Å². The molecule has 1 aliphatic heterocycles. The predicted molar refractivity (Wildman–Crippen MR) is 134 cm³/mol. The molecule has 6 nitrogen and oxygen atoms in total. The molecule has 184 valence electrons. The fourth-order valence-corrected chi connectivity index (χ4v) is 4.37. The molecule has 1 fully saturated rings. The van der Waals surface area contributed by atoms with E-state index in [4.69, 9.17) is 4.74 Å². The Morgan fingerprint density at radius 1 is 1.03 bits per heavy atom. The van der Waals surface area contributed by atoms with Crippen LogP contribution in [0.4, 0.5) is 4.79 Å². The molecule has 0 spiro atoms. The molecule has 6 heteroatoms. The highest BCUT2D eigenvalue weighted by Crippen LogP contribution is 2.35. The molecule has 1 aliphatic rings. The lowest BCUT2D eigenvalue weighted by Gasteiger charge is -2.43. The third-order valence-corrected chi connectivity index (χ3v) is 5.80. The first-order chi connectivity index (χ1) is 16.0. The molecule has 34 heavy (non-hydrogen) atoms. The number of piperidine rings is 1. The highest BCUT2D eigenvalue weighted by molar-refractivity contribution is 5.81. The molecule has 3 rings (SSSR count). The molecule has 1 heterocycles. The number of carboxylic acid groups (broad SMARTS) is 1. The number of aliphatic hydroxyl groups is 1. The topological polar surface area (TPSA) is 87.1 Å². The van der Waals surface area contributed by atoms with Gasteiger partial charge in [-0.3, -0.25) is 0 Å². The Kier molecular flexibility index (Phi) is 9.87. The highest BCUT2D eigenvalue weighted by Gasteiger charge is 2.40. The third-order valence-electron chi connectivity index (χ3n) is 5.80. The number of nitrogens with zero attached hydrogens (tertiary/aromatic N) is 1. The molecule has 3 unspecified atom stereocenters. The summed E-state index contributed by atoms with van der Waals surface area (Å²) in [6, 6.07) is 19.2. The van der Waals surface area contributed by atoms with Crippen molar-refractivity contribution in [1.29, 1.82) is 0 Å². The van der Waals surface area contributed by atoms with Gasteiger partial charge in [-0.25, -0.2) is 9.59 Å². The van der Waals surface area contributed by atoms with E-state index in [1.807, 2.05) is 88.4 Å². The van der Waals surface area contributed by atoms with E-state index < -0.39 is 23.8 Å². The summed E-state index contributed by atoms with van der Waals surface area (Å²) in [4.78, 5) is 23.7. The summed E-state index contributed by atoms with van der Waals surface area (Å²) in [6.45, 7) is 10.6. The number of esters is 1. The van der Waals surface area contributed by atoms with E-state index in [0.717, 1.165) is 30.0 Å². The number of ether oxygens (including phenoxy) is 1. The average Bonchev–Trinajstić information content (AvgIpc) is 2.79. The molecule has 0 saturated carbocycles. The smallest absolute Gasteiger partial charge is 0.407 e. The van der Waals surface area contributed by atoms with Crippen molar-refractivity contribution in [3.05, 3.63) is 84.4 Å². The predicted octanol–water partition coefficient (Wildman–Crippen LogP) is 5.61. The molecular weight excluding hydrogens is 430 g/mol. The molecule has 2 N–H and O–H groups in total. The average molecular weight is 468 g/mol. The first kappa shape index (κ1) is 27.1. The van der Waals surface area contributed by atoms with Gasteiger partial charge in [0.05, 0.1) is 12.1 Å². The molecule has 0 bridgehead atoms. The third kappa shape index (κ3) is 7.73. The van der Waals surface area contributed by atoms with Gasteiger partial charge in [0, 0.05) is 18.0 Å². The van der Waals surface area contributed by atoms with E-state index in [0.29, 0.717) is 6.42 Å². The zero-order valence-electron chi connectivity index (χ0n) is 20.6. The van der Waals surface area contributed by atoms with E-state index in [9.17, 15) is 19.8 Å². The molecule has 0 aliphatic carbocycles. The van der Waals surface area contributed by atoms with E-state index in [1.54, 1.807) is 0 Å². The minimum absolute atomic E-state index is 0.0712. The van der Waals surface area contributed by atoms with Crippen LogP contribution in [-0.4, -0.2) is 51.0 Å². The second kappa shape index (κ2) is 12.4. The van der Waals surface area contributed by atoms with Crippen LogP contribution in [0.15, 0.2) is 73.3 Å². The van der Waals surface area contributed by atoms with E-state index in [2.05, 4.69) is 6.58 Å². The standard InChI is InChI=1S/C21H25NO3.C7H12O2/c1-15-9-8-14-18(22(15)21(24)25)20(23)19(16-10-4-2-5-11-16)17-12-6-3-7-13-17;1-5-6(8)9-7(2,3)4/h2-7,10-13,15,18-20,23H,8-9,14H2,1H3,(H,24,25);5H,1H2,2-4H3. The van der Waals surface area contributed by atoms with Crippen molar-refractivity contribution >= 4 is 12.1 Å². The summed E-state index contributed by atoms with van der Waals surface area (Å²) in [7, 11) is 0. The molecule has 3 atom stereocenters. The second-order valence-electron chi connectivity index (χ2n) is 9.56. The van der Waals surface area contributed by atoms with E-state index in [-0.39, 0.29) is 17.9 Å². The molecule has 2 aromatic rings. The maximum absolute atomic E-state index is 11.8. The van der Waals surface area contributed by atoms with Crippen LogP contribution in [0.2, 0.25) is 0 Å². The highest BCUT2D eigenvalue weighted by atomic mass is 16.6. The molecule has 0 aromatic heterocycles. The van der Waals surface area contributed by atoms with Crippen LogP contribution in [0.25, 0.3) is 0 Å². The number of carbonyl (C=O) groups is 2. The minimum atomic E-state index is -0.948. The lowest BCUT2D eigenvalue weighted by Crippen LogP contribution is -2.54. The summed E-state index contributed by atoms with van der Waals surface area (Å²) in [5.41, 5.74) is 1.61. The molecule has 1 amide bonds. The first-order valence-corrected chi connectivity index (χ1v) is 11.7. The van der Waals surface area contributed by atoms with Gasteiger partial charge in [-0.2, -0.15) is 0 Å². The van der Waals surface area contributed by atoms with Gasteiger partial charge in [0.15, 0.2) is 0 Å². The lowest BCUT2D eigenvalue weighted by atomic mass is 9.80. The normalized spacial score (nSPS) is 18.9. The van der Waals surface area contributed by atoms with Crippen molar-refractivity contribution in [2.24, 2.45) is 0 Å². The van der Waals surface area contributed by atoms with Crippen molar-refractivity contribution in [2.45, 2.75) is 76.7 Å². The molecule has 1 saturated heterocycles. The van der Waals surface area contributed by atoms with Gasteiger partial charge >= 0.3 is 12.1 Å². The fraction of sp³-hybridized carbons (Fsp3) is 0.429. The number of benzene rings is 2. The summed E-state index contributed by atoms with van der Waals surface area (Å²) >= 11 is 0. The van der Waals surface area contributed by atoms with Crippen molar-refractivity contribution in [1.82, 2.24) is 4.90 Å². The monoisotopic (exact) mass is 467 g/mol. The quantitative estimate of drug-likeness (QED) is 0.441. The van der Waals surface area contributed by atoms with Crippen molar-refractivity contribution in [3.8, 4) is 0 Å². The SMILES string of the molecule is C=CC(=O)OC(C)(C)C.CC1CCCC(C(O)C(c2ccccc2)c2ccccc2)N1C(=O)O. The maximum atomic E-state index is 11.8. The van der Waals surface area contributed by atoms with Crippen molar-refractivity contribution in [2.75, 3.05) is 0 Å². The Morgan fingerprint density at radius 3 is 1.91 bits per heavy atom. The maximum Gasteiger partial charge on any atom is 0.407 e. The Morgan fingerprint density at radius 2 is 1.53 bits per heavy atom. The summed E-state index contributed by atoms with van der Waals surface area (Å²) in [6.07, 6.45) is 1.89. The van der Waals surface area contributed by atoms with Crippen LogP contribution < -0.4 is 0 Å². The molecular formula is C28H37NO5. The number of carbonyl (C=O) groups excluding carboxylic acids is 1. The van der Waals surface area contributed by atoms with Crippen LogP contribution in [0.3, 0.4) is 0 Å². The van der Waals surface area contributed by atoms with Gasteiger partial charge in [0.1, 0.15) is 5.60 Å². The Balaban J connectivity index is 0.000000387. The van der Waals surface area contributed by atoms with Gasteiger partial charge in [-0.1, -0.05) is 67.2 Å². The van der Waals surface area contributed by atoms with Crippen LogP contribution in [0.1, 0.15) is 64.0 Å². The Hall–Kier alpha value is -3.12.